The molecule has 0 radical (unpaired) electrons. The van der Waals surface area contributed by atoms with E-state index in [4.69, 9.17) is 16.9 Å². The van der Waals surface area contributed by atoms with Crippen LogP contribution in [0.25, 0.3) is 0 Å². The molecule has 1 rings (SSSR count). The van der Waals surface area contributed by atoms with Crippen LogP contribution in [-0.4, -0.2) is 19.0 Å². The van der Waals surface area contributed by atoms with Crippen LogP contribution in [0.1, 0.15) is 11.1 Å². The summed E-state index contributed by atoms with van der Waals surface area (Å²) < 4.78 is 0. The number of benzene rings is 1. The van der Waals surface area contributed by atoms with Crippen LogP contribution < -0.4 is 0 Å². The topological polar surface area (TPSA) is 27.0 Å². The molecule has 0 saturated heterocycles. The third-order valence-corrected chi connectivity index (χ3v) is 2.01. The van der Waals surface area contributed by atoms with E-state index in [1.165, 1.54) is 0 Å². The van der Waals surface area contributed by atoms with Gasteiger partial charge in [0, 0.05) is 6.54 Å². The Morgan fingerprint density at radius 1 is 1.46 bits per heavy atom. The molecule has 13 heavy (non-hydrogen) atoms. The Kier molecular flexibility index (Phi) is 3.30. The number of nitriles is 1. The summed E-state index contributed by atoms with van der Waals surface area (Å²) in [5.74, 6) is 0. The molecule has 0 aromatic heterocycles. The molecule has 2 nitrogen and oxygen atoms in total. The Labute approximate surface area is 83.3 Å². The second-order valence-corrected chi connectivity index (χ2v) is 3.53. The van der Waals surface area contributed by atoms with E-state index >= 15 is 0 Å². The first-order valence-electron chi connectivity index (χ1n) is 3.97. The fourth-order valence-electron chi connectivity index (χ4n) is 1.17. The number of halogens is 1. The normalized spacial score (nSPS) is 10.1. The summed E-state index contributed by atoms with van der Waals surface area (Å²) in [5.41, 5.74) is 1.55. The molecule has 68 valence electrons. The van der Waals surface area contributed by atoms with E-state index in [0.717, 1.165) is 12.1 Å². The fourth-order valence-corrected chi connectivity index (χ4v) is 1.40. The van der Waals surface area contributed by atoms with Crippen LogP contribution in [0.4, 0.5) is 0 Å². The zero-order valence-corrected chi connectivity index (χ0v) is 8.47. The van der Waals surface area contributed by atoms with Gasteiger partial charge in [-0.1, -0.05) is 23.7 Å². The summed E-state index contributed by atoms with van der Waals surface area (Å²) in [5, 5.41) is 9.39. The van der Waals surface area contributed by atoms with Gasteiger partial charge >= 0.3 is 0 Å². The molecule has 0 amide bonds. The first kappa shape index (κ1) is 10.0. The van der Waals surface area contributed by atoms with Gasteiger partial charge in [-0.3, -0.25) is 0 Å². The largest absolute Gasteiger partial charge is 0.305 e. The van der Waals surface area contributed by atoms with E-state index in [9.17, 15) is 0 Å². The second-order valence-electron chi connectivity index (χ2n) is 3.12. The molecule has 0 aliphatic carbocycles. The van der Waals surface area contributed by atoms with E-state index in [-0.39, 0.29) is 0 Å². The van der Waals surface area contributed by atoms with Crippen molar-refractivity contribution in [1.29, 1.82) is 5.26 Å². The number of hydrogen-bond donors (Lipinski definition) is 0. The molecular formula is C10H11ClN2. The van der Waals surface area contributed by atoms with Crippen molar-refractivity contribution in [1.82, 2.24) is 4.90 Å². The van der Waals surface area contributed by atoms with Crippen LogP contribution in [0, 0.1) is 11.3 Å². The smallest absolute Gasteiger partial charge is 0.101 e. The van der Waals surface area contributed by atoms with E-state index < -0.39 is 0 Å². The maximum atomic E-state index is 8.86. The minimum absolute atomic E-state index is 0.529. The maximum absolute atomic E-state index is 8.86. The van der Waals surface area contributed by atoms with Gasteiger partial charge in [-0.2, -0.15) is 5.26 Å². The minimum Gasteiger partial charge on any atom is -0.305 e. The third-order valence-electron chi connectivity index (χ3n) is 1.70. The van der Waals surface area contributed by atoms with Gasteiger partial charge in [0.05, 0.1) is 10.6 Å². The first-order valence-corrected chi connectivity index (χ1v) is 4.35. The molecule has 0 saturated carbocycles. The summed E-state index contributed by atoms with van der Waals surface area (Å²) >= 11 is 5.87. The van der Waals surface area contributed by atoms with Gasteiger partial charge < -0.3 is 4.90 Å². The van der Waals surface area contributed by atoms with Crippen molar-refractivity contribution in [2.45, 2.75) is 6.54 Å². The van der Waals surface area contributed by atoms with Crippen LogP contribution in [0.5, 0.6) is 0 Å². The van der Waals surface area contributed by atoms with Crippen molar-refractivity contribution >= 4 is 11.6 Å². The molecule has 0 aliphatic heterocycles. The Morgan fingerprint density at radius 3 is 2.69 bits per heavy atom. The van der Waals surface area contributed by atoms with Gasteiger partial charge in [-0.25, -0.2) is 0 Å². The summed E-state index contributed by atoms with van der Waals surface area (Å²) in [4.78, 5) is 2.01. The average Bonchev–Trinajstić information content (AvgIpc) is 2.03. The predicted octanol–water partition coefficient (Wildman–Crippen LogP) is 2.27. The van der Waals surface area contributed by atoms with Gasteiger partial charge in [0.1, 0.15) is 6.07 Å². The highest BCUT2D eigenvalue weighted by molar-refractivity contribution is 6.31. The molecule has 0 heterocycles. The highest BCUT2D eigenvalue weighted by Gasteiger charge is 2.06. The van der Waals surface area contributed by atoms with Crippen LogP contribution in [0.2, 0.25) is 5.02 Å². The number of rotatable bonds is 2. The van der Waals surface area contributed by atoms with Gasteiger partial charge in [0.2, 0.25) is 0 Å². The van der Waals surface area contributed by atoms with Crippen molar-refractivity contribution in [2.75, 3.05) is 14.1 Å². The van der Waals surface area contributed by atoms with Crippen LogP contribution in [-0.2, 0) is 6.54 Å². The second kappa shape index (κ2) is 4.27. The van der Waals surface area contributed by atoms with E-state index in [1.54, 1.807) is 6.07 Å². The summed E-state index contributed by atoms with van der Waals surface area (Å²) in [6.07, 6.45) is 0. The van der Waals surface area contributed by atoms with E-state index in [0.29, 0.717) is 10.6 Å². The standard InChI is InChI=1S/C10H11ClN2/c1-13(2)7-8-4-3-5-10(11)9(8)6-12/h3-5H,7H2,1-2H3. The van der Waals surface area contributed by atoms with Gasteiger partial charge in [0.25, 0.3) is 0 Å². The lowest BCUT2D eigenvalue weighted by Crippen LogP contribution is -2.11. The van der Waals surface area contributed by atoms with Crippen LogP contribution in [0.3, 0.4) is 0 Å². The Hall–Kier alpha value is -1.04. The fraction of sp³-hybridized carbons (Fsp3) is 0.300. The third kappa shape index (κ3) is 2.45. The summed E-state index contributed by atoms with van der Waals surface area (Å²) in [7, 11) is 3.92. The molecule has 0 fully saturated rings. The monoisotopic (exact) mass is 194 g/mol. The number of hydrogen-bond acceptors (Lipinski definition) is 2. The zero-order chi connectivity index (χ0) is 9.84. The molecule has 3 heteroatoms. The predicted molar refractivity (Wildman–Crippen MR) is 53.6 cm³/mol. The molecule has 0 bridgehead atoms. The molecule has 0 spiro atoms. The van der Waals surface area contributed by atoms with Crippen molar-refractivity contribution in [3.63, 3.8) is 0 Å². The summed E-state index contributed by atoms with van der Waals surface area (Å²) in [6.45, 7) is 0.740. The van der Waals surface area contributed by atoms with Crippen molar-refractivity contribution in [3.8, 4) is 6.07 Å². The molecule has 1 aromatic carbocycles. The lowest BCUT2D eigenvalue weighted by atomic mass is 10.1. The van der Waals surface area contributed by atoms with Crippen molar-refractivity contribution < 1.29 is 0 Å². The van der Waals surface area contributed by atoms with Crippen LogP contribution in [0.15, 0.2) is 18.2 Å². The Balaban J connectivity index is 3.07. The van der Waals surface area contributed by atoms with Crippen molar-refractivity contribution in [2.24, 2.45) is 0 Å². The lowest BCUT2D eigenvalue weighted by molar-refractivity contribution is 0.402. The molecule has 0 unspecified atom stereocenters. The first-order chi connectivity index (χ1) is 6.15. The molecule has 1 aromatic rings. The zero-order valence-electron chi connectivity index (χ0n) is 7.71. The summed E-state index contributed by atoms with van der Waals surface area (Å²) in [6, 6.07) is 7.63. The highest BCUT2D eigenvalue weighted by atomic mass is 35.5. The Morgan fingerprint density at radius 2 is 2.15 bits per heavy atom. The van der Waals surface area contributed by atoms with E-state index in [2.05, 4.69) is 6.07 Å². The van der Waals surface area contributed by atoms with Gasteiger partial charge in [-0.15, -0.1) is 0 Å². The van der Waals surface area contributed by atoms with Crippen molar-refractivity contribution in [3.05, 3.63) is 34.3 Å². The lowest BCUT2D eigenvalue weighted by Gasteiger charge is -2.11. The highest BCUT2D eigenvalue weighted by Crippen LogP contribution is 2.19. The van der Waals surface area contributed by atoms with Crippen LogP contribution >= 0.6 is 11.6 Å². The van der Waals surface area contributed by atoms with Gasteiger partial charge in [0.15, 0.2) is 0 Å². The van der Waals surface area contributed by atoms with E-state index in [1.807, 2.05) is 31.1 Å². The molecular weight excluding hydrogens is 184 g/mol. The average molecular weight is 195 g/mol. The minimum atomic E-state index is 0.529. The van der Waals surface area contributed by atoms with Gasteiger partial charge in [-0.05, 0) is 25.7 Å². The molecule has 0 aliphatic rings. The SMILES string of the molecule is CN(C)Cc1cccc(Cl)c1C#N. The number of nitrogens with zero attached hydrogens (tertiary/aromatic N) is 2. The molecule has 0 N–H and O–H groups in total. The quantitative estimate of drug-likeness (QED) is 0.722. The molecule has 0 atom stereocenters. The Bertz CT molecular complexity index is 339. The maximum Gasteiger partial charge on any atom is 0.101 e.